The van der Waals surface area contributed by atoms with Crippen molar-refractivity contribution < 1.29 is 13.6 Å². The van der Waals surface area contributed by atoms with Gasteiger partial charge in [-0.05, 0) is 41.8 Å². The highest BCUT2D eigenvalue weighted by atomic mass is 35.5. The van der Waals surface area contributed by atoms with Crippen LogP contribution < -0.4 is 5.32 Å². The maximum Gasteiger partial charge on any atom is 0.220 e. The van der Waals surface area contributed by atoms with Crippen molar-refractivity contribution in [1.29, 1.82) is 0 Å². The number of benzene rings is 1. The molecule has 0 saturated carbocycles. The molecule has 5 heteroatoms. The van der Waals surface area contributed by atoms with Crippen LogP contribution in [0.4, 0.5) is 4.39 Å². The van der Waals surface area contributed by atoms with E-state index in [1.54, 1.807) is 30.3 Å². The van der Waals surface area contributed by atoms with Crippen molar-refractivity contribution in [1.82, 2.24) is 5.32 Å². The first kappa shape index (κ1) is 13.6. The molecule has 1 amide bonds. The van der Waals surface area contributed by atoms with Crippen molar-refractivity contribution in [2.75, 3.05) is 0 Å². The van der Waals surface area contributed by atoms with Crippen molar-refractivity contribution in [3.8, 4) is 0 Å². The highest BCUT2D eigenvalue weighted by molar-refractivity contribution is 6.28. The fraction of sp³-hybridized carbons (Fsp3) is 0.214. The fourth-order valence-corrected chi connectivity index (χ4v) is 1.83. The number of hydrogen-bond acceptors (Lipinski definition) is 2. The van der Waals surface area contributed by atoms with E-state index in [1.807, 2.05) is 0 Å². The minimum Gasteiger partial charge on any atom is -0.448 e. The van der Waals surface area contributed by atoms with E-state index in [1.165, 1.54) is 6.07 Å². The summed E-state index contributed by atoms with van der Waals surface area (Å²) in [6.07, 6.45) is 0.604. The van der Waals surface area contributed by atoms with E-state index in [4.69, 9.17) is 16.0 Å². The predicted octanol–water partition coefficient (Wildman–Crippen LogP) is 3.32. The summed E-state index contributed by atoms with van der Waals surface area (Å²) in [5, 5.41) is 2.98. The summed E-state index contributed by atoms with van der Waals surface area (Å²) in [6.45, 7) is 0.281. The van der Waals surface area contributed by atoms with Gasteiger partial charge in [-0.1, -0.05) is 18.2 Å². The van der Waals surface area contributed by atoms with E-state index < -0.39 is 0 Å². The minimum atomic E-state index is -0.284. The van der Waals surface area contributed by atoms with E-state index in [2.05, 4.69) is 5.32 Å². The predicted molar refractivity (Wildman–Crippen MR) is 70.3 cm³/mol. The summed E-state index contributed by atoms with van der Waals surface area (Å²) < 4.78 is 18.4. The molecule has 0 aliphatic heterocycles. The monoisotopic (exact) mass is 281 g/mol. The normalized spacial score (nSPS) is 10.4. The number of rotatable bonds is 5. The first-order valence-electron chi connectivity index (χ1n) is 5.89. The number of furan rings is 1. The molecule has 0 spiro atoms. The Bertz CT molecular complexity index is 568. The molecule has 19 heavy (non-hydrogen) atoms. The Kier molecular flexibility index (Phi) is 4.58. The van der Waals surface area contributed by atoms with E-state index in [-0.39, 0.29) is 29.9 Å². The Morgan fingerprint density at radius 3 is 2.74 bits per heavy atom. The summed E-state index contributed by atoms with van der Waals surface area (Å²) in [7, 11) is 0. The molecule has 0 atom stereocenters. The standard InChI is InChI=1S/C14H13ClFNO2/c15-13-7-6-11(19-13)9-17-14(18)8-5-10-3-1-2-4-12(10)16/h1-4,6-7H,5,8-9H2,(H,17,18). The Labute approximate surface area is 115 Å². The fourth-order valence-electron chi connectivity index (χ4n) is 1.67. The van der Waals surface area contributed by atoms with Crippen LogP contribution in [0.3, 0.4) is 0 Å². The van der Waals surface area contributed by atoms with Crippen LogP contribution in [-0.4, -0.2) is 5.91 Å². The molecule has 100 valence electrons. The molecule has 1 aromatic heterocycles. The highest BCUT2D eigenvalue weighted by Gasteiger charge is 2.06. The lowest BCUT2D eigenvalue weighted by molar-refractivity contribution is -0.121. The average molecular weight is 282 g/mol. The zero-order chi connectivity index (χ0) is 13.7. The molecular weight excluding hydrogens is 269 g/mol. The zero-order valence-electron chi connectivity index (χ0n) is 10.2. The molecule has 0 radical (unpaired) electrons. The Morgan fingerprint density at radius 1 is 1.26 bits per heavy atom. The average Bonchev–Trinajstić information content (AvgIpc) is 2.81. The lowest BCUT2D eigenvalue weighted by atomic mass is 10.1. The van der Waals surface area contributed by atoms with Gasteiger partial charge in [0.1, 0.15) is 11.6 Å². The van der Waals surface area contributed by atoms with Gasteiger partial charge in [0.05, 0.1) is 6.54 Å². The molecule has 0 bridgehead atoms. The van der Waals surface area contributed by atoms with Crippen LogP contribution in [0, 0.1) is 5.82 Å². The smallest absolute Gasteiger partial charge is 0.220 e. The van der Waals surface area contributed by atoms with Crippen LogP contribution in [0.2, 0.25) is 5.22 Å². The van der Waals surface area contributed by atoms with Gasteiger partial charge in [0.25, 0.3) is 0 Å². The SMILES string of the molecule is O=C(CCc1ccccc1F)NCc1ccc(Cl)o1. The molecule has 0 saturated heterocycles. The van der Waals surface area contributed by atoms with Gasteiger partial charge in [-0.3, -0.25) is 4.79 Å². The minimum absolute atomic E-state index is 0.157. The number of halogens is 2. The summed E-state index contributed by atoms with van der Waals surface area (Å²) in [4.78, 5) is 11.6. The van der Waals surface area contributed by atoms with Gasteiger partial charge in [-0.2, -0.15) is 0 Å². The lowest BCUT2D eigenvalue weighted by Gasteiger charge is -2.04. The summed E-state index contributed by atoms with van der Waals surface area (Å²) in [6, 6.07) is 9.75. The number of nitrogens with one attached hydrogen (secondary N) is 1. The molecule has 1 N–H and O–H groups in total. The zero-order valence-corrected chi connectivity index (χ0v) is 10.9. The molecule has 2 aromatic rings. The van der Waals surface area contributed by atoms with Crippen LogP contribution in [0.15, 0.2) is 40.8 Å². The van der Waals surface area contributed by atoms with Gasteiger partial charge < -0.3 is 9.73 Å². The van der Waals surface area contributed by atoms with Crippen molar-refractivity contribution in [3.63, 3.8) is 0 Å². The van der Waals surface area contributed by atoms with Crippen molar-refractivity contribution in [3.05, 3.63) is 58.8 Å². The molecule has 1 heterocycles. The van der Waals surface area contributed by atoms with E-state index in [0.717, 1.165) is 0 Å². The van der Waals surface area contributed by atoms with Crippen molar-refractivity contribution in [2.24, 2.45) is 0 Å². The van der Waals surface area contributed by atoms with Crippen LogP contribution >= 0.6 is 11.6 Å². The third kappa shape index (κ3) is 4.10. The number of aryl methyl sites for hydroxylation is 1. The summed E-state index contributed by atoms with van der Waals surface area (Å²) in [5.41, 5.74) is 0.540. The van der Waals surface area contributed by atoms with E-state index in [0.29, 0.717) is 17.7 Å². The highest BCUT2D eigenvalue weighted by Crippen LogP contribution is 2.13. The van der Waals surface area contributed by atoms with Gasteiger partial charge in [0.2, 0.25) is 5.91 Å². The molecule has 0 aliphatic rings. The van der Waals surface area contributed by atoms with E-state index in [9.17, 15) is 9.18 Å². The topological polar surface area (TPSA) is 42.2 Å². The summed E-state index contributed by atoms with van der Waals surface area (Å²) in [5.74, 6) is 0.146. The van der Waals surface area contributed by atoms with E-state index >= 15 is 0 Å². The van der Waals surface area contributed by atoms with Gasteiger partial charge in [-0.25, -0.2) is 4.39 Å². The molecule has 2 rings (SSSR count). The second-order valence-corrected chi connectivity index (χ2v) is 4.45. The Hall–Kier alpha value is -1.81. The largest absolute Gasteiger partial charge is 0.448 e. The Morgan fingerprint density at radius 2 is 2.05 bits per heavy atom. The third-order valence-electron chi connectivity index (χ3n) is 2.67. The maximum absolute atomic E-state index is 13.3. The molecule has 0 fully saturated rings. The second kappa shape index (κ2) is 6.38. The molecule has 0 aliphatic carbocycles. The number of hydrogen-bond donors (Lipinski definition) is 1. The van der Waals surface area contributed by atoms with Crippen LogP contribution in [0.1, 0.15) is 17.7 Å². The number of carbonyl (C=O) groups is 1. The van der Waals surface area contributed by atoms with Crippen molar-refractivity contribution >= 4 is 17.5 Å². The van der Waals surface area contributed by atoms with Crippen LogP contribution in [0.25, 0.3) is 0 Å². The number of amides is 1. The van der Waals surface area contributed by atoms with Crippen molar-refractivity contribution in [2.45, 2.75) is 19.4 Å². The molecule has 0 unspecified atom stereocenters. The second-order valence-electron chi connectivity index (χ2n) is 4.07. The van der Waals surface area contributed by atoms with Crippen LogP contribution in [-0.2, 0) is 17.8 Å². The first-order chi connectivity index (χ1) is 9.15. The van der Waals surface area contributed by atoms with Gasteiger partial charge in [0, 0.05) is 6.42 Å². The van der Waals surface area contributed by atoms with Gasteiger partial charge in [-0.15, -0.1) is 0 Å². The lowest BCUT2D eigenvalue weighted by Crippen LogP contribution is -2.22. The first-order valence-corrected chi connectivity index (χ1v) is 6.27. The van der Waals surface area contributed by atoms with Crippen LogP contribution in [0.5, 0.6) is 0 Å². The quantitative estimate of drug-likeness (QED) is 0.913. The van der Waals surface area contributed by atoms with Gasteiger partial charge >= 0.3 is 0 Å². The maximum atomic E-state index is 13.3. The molecular formula is C14H13ClFNO2. The molecule has 3 nitrogen and oxygen atoms in total. The molecule has 1 aromatic carbocycles. The number of carbonyl (C=O) groups excluding carboxylic acids is 1. The Balaban J connectivity index is 1.77. The third-order valence-corrected chi connectivity index (χ3v) is 2.87. The van der Waals surface area contributed by atoms with Gasteiger partial charge in [0.15, 0.2) is 5.22 Å². The summed E-state index contributed by atoms with van der Waals surface area (Å²) >= 11 is 5.61.